The average Bonchev–Trinajstić information content (AvgIpc) is 2.83. The largest absolute Gasteiger partial charge is 0.324 e. The van der Waals surface area contributed by atoms with Crippen LogP contribution in [0.1, 0.15) is 24.4 Å². The predicted molar refractivity (Wildman–Crippen MR) is 70.4 cm³/mol. The Bertz CT molecular complexity index is 585. The van der Waals surface area contributed by atoms with Crippen molar-refractivity contribution in [2.45, 2.75) is 25.9 Å². The minimum absolute atomic E-state index is 0.0579. The van der Waals surface area contributed by atoms with E-state index < -0.39 is 17.7 Å². The van der Waals surface area contributed by atoms with E-state index in [1.165, 1.54) is 12.4 Å². The quantitative estimate of drug-likeness (QED) is 0.876. The van der Waals surface area contributed by atoms with Crippen LogP contribution in [0.4, 0.5) is 8.78 Å². The number of nitrogens with zero attached hydrogens (tertiary/aromatic N) is 3. The molecule has 0 bridgehead atoms. The van der Waals surface area contributed by atoms with Crippen LogP contribution in [-0.2, 0) is 13.0 Å². The number of aromatic nitrogens is 3. The van der Waals surface area contributed by atoms with Crippen molar-refractivity contribution in [1.82, 2.24) is 14.8 Å². The molecule has 0 saturated carbocycles. The van der Waals surface area contributed by atoms with Crippen LogP contribution < -0.4 is 5.73 Å². The second-order valence-corrected chi connectivity index (χ2v) is 4.86. The third-order valence-corrected chi connectivity index (χ3v) is 3.67. The average molecular weight is 331 g/mol. The molecule has 1 heterocycles. The van der Waals surface area contributed by atoms with Gasteiger partial charge in [-0.05, 0) is 34.5 Å². The first kappa shape index (κ1) is 14.1. The monoisotopic (exact) mass is 330 g/mol. The highest BCUT2D eigenvalue weighted by atomic mass is 79.9. The molecule has 0 radical (unpaired) electrons. The standard InChI is InChI=1S/C12H13BrF2N4/c1-2-19-10(17-6-18-19)5-9(16)7-3-4-8(14)12(15)11(7)13/h3-4,6,9H,2,5,16H2,1H3. The maximum Gasteiger partial charge on any atom is 0.173 e. The van der Waals surface area contributed by atoms with E-state index in [4.69, 9.17) is 5.73 Å². The summed E-state index contributed by atoms with van der Waals surface area (Å²) < 4.78 is 28.3. The summed E-state index contributed by atoms with van der Waals surface area (Å²) in [6.45, 7) is 2.62. The molecule has 2 N–H and O–H groups in total. The molecule has 0 spiro atoms. The van der Waals surface area contributed by atoms with Gasteiger partial charge in [0.15, 0.2) is 11.6 Å². The Labute approximate surface area is 117 Å². The molecule has 0 amide bonds. The molecule has 1 atom stereocenters. The summed E-state index contributed by atoms with van der Waals surface area (Å²) in [6, 6.07) is 2.05. The van der Waals surface area contributed by atoms with Crippen molar-refractivity contribution in [2.75, 3.05) is 0 Å². The van der Waals surface area contributed by atoms with Gasteiger partial charge in [-0.25, -0.2) is 13.8 Å². The first-order chi connectivity index (χ1) is 9.04. The van der Waals surface area contributed by atoms with Gasteiger partial charge in [0.1, 0.15) is 12.2 Å². The van der Waals surface area contributed by atoms with E-state index in [2.05, 4.69) is 26.0 Å². The van der Waals surface area contributed by atoms with Gasteiger partial charge in [-0.3, -0.25) is 4.68 Å². The fraction of sp³-hybridized carbons (Fsp3) is 0.333. The van der Waals surface area contributed by atoms with E-state index in [0.29, 0.717) is 24.4 Å². The molecule has 2 rings (SSSR count). The zero-order valence-electron chi connectivity index (χ0n) is 10.3. The zero-order chi connectivity index (χ0) is 14.0. The summed E-state index contributed by atoms with van der Waals surface area (Å²) in [5.41, 5.74) is 6.53. The number of rotatable bonds is 4. The Kier molecular flexibility index (Phi) is 4.26. The SMILES string of the molecule is CCn1ncnc1CC(N)c1ccc(F)c(F)c1Br. The predicted octanol–water partition coefficient (Wildman–Crippen LogP) is 2.58. The second kappa shape index (κ2) is 5.75. The van der Waals surface area contributed by atoms with Crippen LogP contribution in [0.5, 0.6) is 0 Å². The summed E-state index contributed by atoms with van der Waals surface area (Å²) in [4.78, 5) is 4.11. The van der Waals surface area contributed by atoms with Crippen molar-refractivity contribution < 1.29 is 8.78 Å². The molecule has 102 valence electrons. The van der Waals surface area contributed by atoms with Gasteiger partial charge in [0.25, 0.3) is 0 Å². The van der Waals surface area contributed by atoms with Crippen LogP contribution in [-0.4, -0.2) is 14.8 Å². The number of benzene rings is 1. The highest BCUT2D eigenvalue weighted by molar-refractivity contribution is 9.10. The summed E-state index contributed by atoms with van der Waals surface area (Å²) in [7, 11) is 0. The van der Waals surface area contributed by atoms with Crippen LogP contribution >= 0.6 is 15.9 Å². The third-order valence-electron chi connectivity index (χ3n) is 2.86. The maximum atomic E-state index is 13.5. The fourth-order valence-corrected chi connectivity index (χ4v) is 2.46. The highest BCUT2D eigenvalue weighted by Gasteiger charge is 2.18. The van der Waals surface area contributed by atoms with E-state index in [0.717, 1.165) is 6.07 Å². The topological polar surface area (TPSA) is 56.7 Å². The van der Waals surface area contributed by atoms with Crippen molar-refractivity contribution in [1.29, 1.82) is 0 Å². The van der Waals surface area contributed by atoms with Crippen molar-refractivity contribution in [3.8, 4) is 0 Å². The van der Waals surface area contributed by atoms with E-state index in [1.807, 2.05) is 6.92 Å². The highest BCUT2D eigenvalue weighted by Crippen LogP contribution is 2.28. The van der Waals surface area contributed by atoms with Gasteiger partial charge in [-0.1, -0.05) is 6.07 Å². The van der Waals surface area contributed by atoms with Gasteiger partial charge in [0.05, 0.1) is 4.47 Å². The van der Waals surface area contributed by atoms with E-state index in [1.54, 1.807) is 4.68 Å². The van der Waals surface area contributed by atoms with E-state index in [9.17, 15) is 8.78 Å². The summed E-state index contributed by atoms with van der Waals surface area (Å²) in [6.07, 6.45) is 1.85. The van der Waals surface area contributed by atoms with Crippen LogP contribution in [0.3, 0.4) is 0 Å². The molecule has 0 aliphatic carbocycles. The Hall–Kier alpha value is -1.34. The molecule has 0 saturated heterocycles. The Morgan fingerprint density at radius 1 is 1.42 bits per heavy atom. The Balaban J connectivity index is 2.25. The molecule has 1 aromatic heterocycles. The minimum Gasteiger partial charge on any atom is -0.324 e. The smallest absolute Gasteiger partial charge is 0.173 e. The van der Waals surface area contributed by atoms with Gasteiger partial charge in [-0.15, -0.1) is 0 Å². The van der Waals surface area contributed by atoms with Crippen molar-refractivity contribution in [3.63, 3.8) is 0 Å². The van der Waals surface area contributed by atoms with Gasteiger partial charge < -0.3 is 5.73 Å². The first-order valence-corrected chi connectivity index (χ1v) is 6.59. The molecule has 4 nitrogen and oxygen atoms in total. The fourth-order valence-electron chi connectivity index (χ4n) is 1.84. The molecular formula is C12H13BrF2N4. The number of nitrogens with two attached hydrogens (primary N) is 1. The lowest BCUT2D eigenvalue weighted by Gasteiger charge is -2.14. The number of hydrogen-bond acceptors (Lipinski definition) is 3. The van der Waals surface area contributed by atoms with Crippen LogP contribution in [0.15, 0.2) is 22.9 Å². The molecule has 0 fully saturated rings. The summed E-state index contributed by atoms with van der Waals surface area (Å²) in [5.74, 6) is -1.11. The minimum atomic E-state index is -0.926. The summed E-state index contributed by atoms with van der Waals surface area (Å²) in [5, 5.41) is 4.04. The third kappa shape index (κ3) is 2.82. The molecule has 7 heteroatoms. The van der Waals surface area contributed by atoms with Gasteiger partial charge in [-0.2, -0.15) is 5.10 Å². The van der Waals surface area contributed by atoms with E-state index in [-0.39, 0.29) is 4.47 Å². The Morgan fingerprint density at radius 3 is 2.84 bits per heavy atom. The molecule has 1 unspecified atom stereocenters. The second-order valence-electron chi connectivity index (χ2n) is 4.07. The normalized spacial score (nSPS) is 12.7. The van der Waals surface area contributed by atoms with Gasteiger partial charge >= 0.3 is 0 Å². The lowest BCUT2D eigenvalue weighted by Crippen LogP contribution is -2.18. The molecule has 1 aromatic carbocycles. The zero-order valence-corrected chi connectivity index (χ0v) is 11.9. The number of halogens is 3. The number of aryl methyl sites for hydroxylation is 1. The van der Waals surface area contributed by atoms with Gasteiger partial charge in [0.2, 0.25) is 0 Å². The maximum absolute atomic E-state index is 13.5. The van der Waals surface area contributed by atoms with Crippen LogP contribution in [0, 0.1) is 11.6 Å². The lowest BCUT2D eigenvalue weighted by molar-refractivity contribution is 0.498. The lowest BCUT2D eigenvalue weighted by atomic mass is 10.0. The Morgan fingerprint density at radius 2 is 2.16 bits per heavy atom. The molecule has 19 heavy (non-hydrogen) atoms. The molecule has 0 aliphatic heterocycles. The van der Waals surface area contributed by atoms with Crippen LogP contribution in [0.25, 0.3) is 0 Å². The van der Waals surface area contributed by atoms with Crippen molar-refractivity contribution >= 4 is 15.9 Å². The van der Waals surface area contributed by atoms with Crippen molar-refractivity contribution in [2.24, 2.45) is 5.73 Å². The van der Waals surface area contributed by atoms with E-state index >= 15 is 0 Å². The van der Waals surface area contributed by atoms with Crippen molar-refractivity contribution in [3.05, 3.63) is 46.0 Å². The first-order valence-electron chi connectivity index (χ1n) is 5.80. The van der Waals surface area contributed by atoms with Crippen LogP contribution in [0.2, 0.25) is 0 Å². The number of hydrogen-bond donors (Lipinski definition) is 1. The molecular weight excluding hydrogens is 318 g/mol. The summed E-state index contributed by atoms with van der Waals surface area (Å²) >= 11 is 3.03. The molecule has 2 aromatic rings. The molecule has 0 aliphatic rings. The van der Waals surface area contributed by atoms with Gasteiger partial charge in [0, 0.05) is 19.0 Å².